The Labute approximate surface area is 190 Å². The summed E-state index contributed by atoms with van der Waals surface area (Å²) in [4.78, 5) is 23.0. The predicted molar refractivity (Wildman–Crippen MR) is 129 cm³/mol. The van der Waals surface area contributed by atoms with Crippen LogP contribution in [0, 0.1) is 12.8 Å². The zero-order valence-corrected chi connectivity index (χ0v) is 19.4. The minimum Gasteiger partial charge on any atom is -0.495 e. The summed E-state index contributed by atoms with van der Waals surface area (Å²) in [5, 5.41) is 0. The summed E-state index contributed by atoms with van der Waals surface area (Å²) in [5.41, 5.74) is 3.60. The van der Waals surface area contributed by atoms with Gasteiger partial charge in [0.15, 0.2) is 0 Å². The lowest BCUT2D eigenvalue weighted by Gasteiger charge is -2.39. The molecular weight excluding hydrogens is 400 g/mol. The van der Waals surface area contributed by atoms with E-state index in [0.29, 0.717) is 31.6 Å². The van der Waals surface area contributed by atoms with Crippen molar-refractivity contribution in [1.82, 2.24) is 14.5 Å². The van der Waals surface area contributed by atoms with Gasteiger partial charge in [0.05, 0.1) is 31.8 Å². The summed E-state index contributed by atoms with van der Waals surface area (Å²) in [6, 6.07) is 18.0. The molecule has 0 spiro atoms. The predicted octanol–water partition coefficient (Wildman–Crippen LogP) is 4.57. The molecule has 0 bridgehead atoms. The highest BCUT2D eigenvalue weighted by atomic mass is 16.5. The van der Waals surface area contributed by atoms with Gasteiger partial charge in [-0.3, -0.25) is 19.2 Å². The van der Waals surface area contributed by atoms with Gasteiger partial charge in [-0.05, 0) is 37.0 Å². The molecule has 1 aliphatic heterocycles. The van der Waals surface area contributed by atoms with Crippen molar-refractivity contribution in [3.8, 4) is 5.75 Å². The van der Waals surface area contributed by atoms with E-state index in [1.807, 2.05) is 54.0 Å². The SMILES string of the molecule is COc1ccccc1N1CN(CCC(C)C)Cn2c1nc(C)c(Cc1ccccc1)c2=O. The summed E-state index contributed by atoms with van der Waals surface area (Å²) in [6.45, 7) is 8.51. The topological polar surface area (TPSA) is 50.6 Å². The number of aryl methyl sites for hydroxylation is 1. The summed E-state index contributed by atoms with van der Waals surface area (Å²) in [7, 11) is 1.67. The highest BCUT2D eigenvalue weighted by Crippen LogP contribution is 2.34. The van der Waals surface area contributed by atoms with Crippen LogP contribution in [-0.4, -0.2) is 34.8 Å². The first-order valence-corrected chi connectivity index (χ1v) is 11.2. The van der Waals surface area contributed by atoms with Crippen molar-refractivity contribution >= 4 is 11.6 Å². The molecule has 0 N–H and O–H groups in total. The first kappa shape index (κ1) is 22.1. The molecule has 0 saturated carbocycles. The highest BCUT2D eigenvalue weighted by molar-refractivity contribution is 5.66. The van der Waals surface area contributed by atoms with Crippen LogP contribution in [0.25, 0.3) is 0 Å². The van der Waals surface area contributed by atoms with Crippen LogP contribution in [0.4, 0.5) is 11.6 Å². The van der Waals surface area contributed by atoms with Crippen LogP contribution in [0.1, 0.15) is 37.1 Å². The third-order valence-corrected chi connectivity index (χ3v) is 6.00. The molecule has 2 aromatic carbocycles. The van der Waals surface area contributed by atoms with Crippen molar-refractivity contribution < 1.29 is 4.74 Å². The number of anilines is 2. The fourth-order valence-electron chi connectivity index (χ4n) is 4.15. The quantitative estimate of drug-likeness (QED) is 0.548. The monoisotopic (exact) mass is 432 g/mol. The Balaban J connectivity index is 1.80. The van der Waals surface area contributed by atoms with Gasteiger partial charge in [0, 0.05) is 18.5 Å². The minimum absolute atomic E-state index is 0.0329. The number of benzene rings is 2. The third-order valence-electron chi connectivity index (χ3n) is 6.00. The molecule has 2 heterocycles. The Morgan fingerprint density at radius 1 is 1.03 bits per heavy atom. The first-order valence-electron chi connectivity index (χ1n) is 11.2. The Morgan fingerprint density at radius 3 is 2.47 bits per heavy atom. The Bertz CT molecular complexity index is 1120. The van der Waals surface area contributed by atoms with Gasteiger partial charge < -0.3 is 4.74 Å². The van der Waals surface area contributed by atoms with Gasteiger partial charge in [-0.15, -0.1) is 0 Å². The number of ether oxygens (including phenoxy) is 1. The maximum atomic E-state index is 13.7. The molecule has 6 nitrogen and oxygen atoms in total. The lowest BCUT2D eigenvalue weighted by atomic mass is 10.1. The summed E-state index contributed by atoms with van der Waals surface area (Å²) >= 11 is 0. The van der Waals surface area contributed by atoms with E-state index in [-0.39, 0.29) is 5.56 Å². The number of hydrogen-bond acceptors (Lipinski definition) is 5. The third kappa shape index (κ3) is 4.55. The molecule has 6 heteroatoms. The molecule has 0 amide bonds. The summed E-state index contributed by atoms with van der Waals surface area (Å²) < 4.78 is 7.46. The number of hydrogen-bond donors (Lipinski definition) is 0. The number of methoxy groups -OCH3 is 1. The van der Waals surface area contributed by atoms with E-state index in [9.17, 15) is 4.79 Å². The van der Waals surface area contributed by atoms with E-state index in [4.69, 9.17) is 9.72 Å². The zero-order chi connectivity index (χ0) is 22.7. The van der Waals surface area contributed by atoms with Gasteiger partial charge in [0.25, 0.3) is 5.56 Å². The van der Waals surface area contributed by atoms with Crippen LogP contribution >= 0.6 is 0 Å². The van der Waals surface area contributed by atoms with Gasteiger partial charge in [0.1, 0.15) is 5.75 Å². The van der Waals surface area contributed by atoms with Gasteiger partial charge in [-0.1, -0.05) is 56.3 Å². The summed E-state index contributed by atoms with van der Waals surface area (Å²) in [5.74, 6) is 2.04. The molecule has 168 valence electrons. The first-order chi connectivity index (χ1) is 15.5. The Hall–Kier alpha value is -3.12. The number of para-hydroxylation sites is 2. The maximum Gasteiger partial charge on any atom is 0.259 e. The normalized spacial score (nSPS) is 14.0. The van der Waals surface area contributed by atoms with Gasteiger partial charge in [0.2, 0.25) is 5.95 Å². The smallest absolute Gasteiger partial charge is 0.259 e. The molecule has 0 fully saturated rings. The van der Waals surface area contributed by atoms with Crippen molar-refractivity contribution in [3.63, 3.8) is 0 Å². The van der Waals surface area contributed by atoms with E-state index in [0.717, 1.165) is 41.2 Å². The number of aromatic nitrogens is 2. The van der Waals surface area contributed by atoms with Crippen molar-refractivity contribution in [2.45, 2.75) is 40.3 Å². The minimum atomic E-state index is 0.0329. The van der Waals surface area contributed by atoms with E-state index in [1.54, 1.807) is 7.11 Å². The molecule has 1 aliphatic rings. The molecular formula is C26H32N4O2. The second kappa shape index (κ2) is 9.57. The van der Waals surface area contributed by atoms with Crippen LogP contribution in [-0.2, 0) is 13.1 Å². The van der Waals surface area contributed by atoms with E-state index in [1.165, 1.54) is 0 Å². The molecule has 3 aromatic rings. The Kier molecular flexibility index (Phi) is 6.61. The number of fused-ring (bicyclic) bond motifs is 1. The van der Waals surface area contributed by atoms with E-state index >= 15 is 0 Å². The largest absolute Gasteiger partial charge is 0.495 e. The number of rotatable bonds is 7. The van der Waals surface area contributed by atoms with Crippen LogP contribution in [0.5, 0.6) is 5.75 Å². The average Bonchev–Trinajstić information content (AvgIpc) is 2.81. The second-order valence-corrected chi connectivity index (χ2v) is 8.83. The molecule has 0 saturated heterocycles. The van der Waals surface area contributed by atoms with Gasteiger partial charge in [-0.25, -0.2) is 4.98 Å². The highest BCUT2D eigenvalue weighted by Gasteiger charge is 2.29. The summed E-state index contributed by atoms with van der Waals surface area (Å²) in [6.07, 6.45) is 1.65. The van der Waals surface area contributed by atoms with Crippen molar-refractivity contribution in [3.05, 3.63) is 81.8 Å². The molecule has 0 radical (unpaired) electrons. The fraction of sp³-hybridized carbons (Fsp3) is 0.385. The van der Waals surface area contributed by atoms with Crippen LogP contribution in [0.2, 0.25) is 0 Å². The average molecular weight is 433 g/mol. The molecule has 32 heavy (non-hydrogen) atoms. The van der Waals surface area contributed by atoms with E-state index < -0.39 is 0 Å². The molecule has 0 atom stereocenters. The maximum absolute atomic E-state index is 13.7. The van der Waals surface area contributed by atoms with Gasteiger partial charge in [-0.2, -0.15) is 0 Å². The van der Waals surface area contributed by atoms with Crippen molar-refractivity contribution in [2.75, 3.05) is 25.2 Å². The molecule has 1 aromatic heterocycles. The zero-order valence-electron chi connectivity index (χ0n) is 19.4. The van der Waals surface area contributed by atoms with Crippen molar-refractivity contribution in [1.29, 1.82) is 0 Å². The van der Waals surface area contributed by atoms with Crippen LogP contribution in [0.15, 0.2) is 59.4 Å². The molecule has 4 rings (SSSR count). The lowest BCUT2D eigenvalue weighted by molar-refractivity contribution is 0.187. The van der Waals surface area contributed by atoms with E-state index in [2.05, 4.69) is 35.8 Å². The van der Waals surface area contributed by atoms with Crippen LogP contribution in [0.3, 0.4) is 0 Å². The molecule has 0 aliphatic carbocycles. The number of nitrogens with zero attached hydrogens (tertiary/aromatic N) is 4. The Morgan fingerprint density at radius 2 is 1.75 bits per heavy atom. The second-order valence-electron chi connectivity index (χ2n) is 8.83. The standard InChI is InChI=1S/C26H32N4O2/c1-19(2)14-15-28-17-29(23-12-8-9-13-24(23)32-4)26-27-20(3)22(25(31)30(26)18-28)16-21-10-6-5-7-11-21/h5-13,19H,14-18H2,1-4H3. The molecule has 0 unspecified atom stereocenters. The lowest BCUT2D eigenvalue weighted by Crippen LogP contribution is -2.48. The fourth-order valence-corrected chi connectivity index (χ4v) is 4.15. The van der Waals surface area contributed by atoms with Gasteiger partial charge >= 0.3 is 0 Å². The van der Waals surface area contributed by atoms with Crippen LogP contribution < -0.4 is 15.2 Å². The van der Waals surface area contributed by atoms with Crippen molar-refractivity contribution in [2.24, 2.45) is 5.92 Å².